The summed E-state index contributed by atoms with van der Waals surface area (Å²) in [5, 5.41) is 14.9. The predicted octanol–water partition coefficient (Wildman–Crippen LogP) is 0.963. The van der Waals surface area contributed by atoms with Gasteiger partial charge < -0.3 is 15.2 Å². The third-order valence-corrected chi connectivity index (χ3v) is 3.29. The summed E-state index contributed by atoms with van der Waals surface area (Å²) in [4.78, 5) is 11.5. The lowest BCUT2D eigenvalue weighted by Gasteiger charge is -2.07. The van der Waals surface area contributed by atoms with E-state index in [1.54, 1.807) is 11.8 Å². The Bertz CT molecular complexity index is 396. The lowest BCUT2D eigenvalue weighted by Crippen LogP contribution is -2.30. The van der Waals surface area contributed by atoms with E-state index in [0.717, 1.165) is 11.0 Å². The van der Waals surface area contributed by atoms with Gasteiger partial charge >= 0.3 is 0 Å². The van der Waals surface area contributed by atoms with Crippen LogP contribution in [0.25, 0.3) is 0 Å². The Balaban J connectivity index is 0.00000324. The van der Waals surface area contributed by atoms with Gasteiger partial charge in [0.25, 0.3) is 0 Å². The Morgan fingerprint density at radius 1 is 1.42 bits per heavy atom. The van der Waals surface area contributed by atoms with Crippen LogP contribution in [-0.2, 0) is 18.4 Å². The molecule has 0 aromatic carbocycles. The van der Waals surface area contributed by atoms with Crippen LogP contribution in [-0.4, -0.2) is 39.5 Å². The second kappa shape index (κ2) is 9.17. The van der Waals surface area contributed by atoms with E-state index in [-0.39, 0.29) is 24.4 Å². The molecule has 0 aliphatic rings. The van der Waals surface area contributed by atoms with Crippen LogP contribution >= 0.6 is 24.2 Å². The molecule has 2 N–H and O–H groups in total. The van der Waals surface area contributed by atoms with Crippen LogP contribution in [0.2, 0.25) is 0 Å². The number of amides is 1. The van der Waals surface area contributed by atoms with Gasteiger partial charge in [0.2, 0.25) is 5.91 Å². The smallest absolute Gasteiger partial charge is 0.221 e. The summed E-state index contributed by atoms with van der Waals surface area (Å²) in [6.45, 7) is 4.60. The summed E-state index contributed by atoms with van der Waals surface area (Å²) in [7, 11) is 3.81. The molecule has 19 heavy (non-hydrogen) atoms. The van der Waals surface area contributed by atoms with Crippen LogP contribution in [0.15, 0.2) is 5.16 Å². The van der Waals surface area contributed by atoms with Gasteiger partial charge in [0.15, 0.2) is 5.16 Å². The summed E-state index contributed by atoms with van der Waals surface area (Å²) in [6.07, 6.45) is 0.497. The van der Waals surface area contributed by atoms with Gasteiger partial charge in [0.1, 0.15) is 5.82 Å². The van der Waals surface area contributed by atoms with Crippen LogP contribution in [0.1, 0.15) is 26.1 Å². The Morgan fingerprint density at radius 2 is 2.11 bits per heavy atom. The monoisotopic (exact) mass is 307 g/mol. The van der Waals surface area contributed by atoms with Crippen LogP contribution in [0.5, 0.6) is 0 Å². The molecule has 110 valence electrons. The van der Waals surface area contributed by atoms with Crippen LogP contribution in [0.3, 0.4) is 0 Å². The molecule has 0 atom stereocenters. The van der Waals surface area contributed by atoms with E-state index >= 15 is 0 Å². The van der Waals surface area contributed by atoms with Crippen molar-refractivity contribution in [1.82, 2.24) is 25.4 Å². The molecule has 1 aromatic rings. The number of nitrogens with one attached hydrogen (secondary N) is 2. The van der Waals surface area contributed by atoms with Gasteiger partial charge in [-0.25, -0.2) is 0 Å². The number of halogens is 1. The first-order valence-electron chi connectivity index (χ1n) is 5.99. The average Bonchev–Trinajstić information content (AvgIpc) is 2.61. The van der Waals surface area contributed by atoms with Crippen molar-refractivity contribution in [3.63, 3.8) is 0 Å². The number of rotatable bonds is 7. The molecule has 1 aromatic heterocycles. The van der Waals surface area contributed by atoms with Crippen molar-refractivity contribution < 1.29 is 4.79 Å². The molecule has 0 saturated heterocycles. The normalized spacial score (nSPS) is 10.4. The summed E-state index contributed by atoms with van der Waals surface area (Å²) >= 11 is 1.55. The minimum absolute atomic E-state index is 0. The minimum atomic E-state index is 0. The molecule has 0 radical (unpaired) electrons. The highest BCUT2D eigenvalue weighted by atomic mass is 35.5. The maximum atomic E-state index is 11.5. The third kappa shape index (κ3) is 6.26. The van der Waals surface area contributed by atoms with Crippen LogP contribution in [0.4, 0.5) is 0 Å². The molecule has 0 spiro atoms. The van der Waals surface area contributed by atoms with Crippen molar-refractivity contribution in [2.24, 2.45) is 7.05 Å². The van der Waals surface area contributed by atoms with Crippen molar-refractivity contribution in [3.8, 4) is 0 Å². The van der Waals surface area contributed by atoms with Crippen molar-refractivity contribution in [3.05, 3.63) is 5.82 Å². The fraction of sp³-hybridized carbons (Fsp3) is 0.727. The zero-order chi connectivity index (χ0) is 13.5. The average molecular weight is 308 g/mol. The molecule has 1 heterocycles. The highest BCUT2D eigenvalue weighted by molar-refractivity contribution is 7.99. The minimum Gasteiger partial charge on any atom is -0.354 e. The van der Waals surface area contributed by atoms with Crippen molar-refractivity contribution in [1.29, 1.82) is 0 Å². The Morgan fingerprint density at radius 3 is 2.68 bits per heavy atom. The highest BCUT2D eigenvalue weighted by Crippen LogP contribution is 2.16. The van der Waals surface area contributed by atoms with E-state index in [4.69, 9.17) is 0 Å². The molecule has 6 nitrogen and oxygen atoms in total. The van der Waals surface area contributed by atoms with Gasteiger partial charge in [-0.1, -0.05) is 11.8 Å². The van der Waals surface area contributed by atoms with Gasteiger partial charge in [-0.2, -0.15) is 0 Å². The number of carbonyl (C=O) groups excluding carboxylic acids is 1. The highest BCUT2D eigenvalue weighted by Gasteiger charge is 2.09. The first-order chi connectivity index (χ1) is 8.54. The maximum absolute atomic E-state index is 11.5. The summed E-state index contributed by atoms with van der Waals surface area (Å²) in [5.41, 5.74) is 0. The Kier molecular flexibility index (Phi) is 8.79. The van der Waals surface area contributed by atoms with E-state index in [1.165, 1.54) is 0 Å². The lowest BCUT2D eigenvalue weighted by atomic mass is 10.3. The zero-order valence-electron chi connectivity index (χ0n) is 11.8. The molecule has 8 heteroatoms. The van der Waals surface area contributed by atoms with Crippen LogP contribution in [0, 0.1) is 0 Å². The quantitative estimate of drug-likeness (QED) is 0.734. The third-order valence-electron chi connectivity index (χ3n) is 2.27. The molecule has 0 bridgehead atoms. The van der Waals surface area contributed by atoms with E-state index in [0.29, 0.717) is 18.7 Å². The molecule has 0 saturated carbocycles. The summed E-state index contributed by atoms with van der Waals surface area (Å²) in [5.74, 6) is 1.69. The molecular weight excluding hydrogens is 286 g/mol. The fourth-order valence-corrected chi connectivity index (χ4v) is 2.28. The molecule has 1 amide bonds. The van der Waals surface area contributed by atoms with Gasteiger partial charge in [0.05, 0.1) is 6.54 Å². The van der Waals surface area contributed by atoms with Crippen LogP contribution < -0.4 is 10.6 Å². The molecule has 1 rings (SSSR count). The fourth-order valence-electron chi connectivity index (χ4n) is 1.41. The van der Waals surface area contributed by atoms with E-state index in [9.17, 15) is 4.79 Å². The van der Waals surface area contributed by atoms with E-state index in [1.807, 2.05) is 32.5 Å². The number of hydrogen-bond donors (Lipinski definition) is 2. The standard InChI is InChI=1S/C11H21N5OS.ClH/c1-8(2)13-10(17)5-6-18-11-15-14-9(7-12-3)16(11)4;/h8,12H,5-7H2,1-4H3,(H,13,17);1H. The second-order valence-corrected chi connectivity index (χ2v) is 5.37. The van der Waals surface area contributed by atoms with Crippen molar-refractivity contribution in [2.75, 3.05) is 12.8 Å². The first-order valence-corrected chi connectivity index (χ1v) is 6.98. The topological polar surface area (TPSA) is 71.8 Å². The number of nitrogens with zero attached hydrogens (tertiary/aromatic N) is 3. The summed E-state index contributed by atoms with van der Waals surface area (Å²) in [6, 6.07) is 0.194. The number of thioether (sulfide) groups is 1. The largest absolute Gasteiger partial charge is 0.354 e. The SMILES string of the molecule is CNCc1nnc(SCCC(=O)NC(C)C)n1C.Cl. The second-order valence-electron chi connectivity index (χ2n) is 4.31. The molecule has 0 aliphatic heterocycles. The van der Waals surface area contributed by atoms with Gasteiger partial charge in [-0.05, 0) is 20.9 Å². The Labute approximate surface area is 124 Å². The van der Waals surface area contributed by atoms with Crippen molar-refractivity contribution in [2.45, 2.75) is 38.0 Å². The molecule has 0 unspecified atom stereocenters. The van der Waals surface area contributed by atoms with Gasteiger partial charge in [-0.15, -0.1) is 22.6 Å². The summed E-state index contributed by atoms with van der Waals surface area (Å²) < 4.78 is 1.95. The van der Waals surface area contributed by atoms with E-state index in [2.05, 4.69) is 20.8 Å². The maximum Gasteiger partial charge on any atom is 0.221 e. The van der Waals surface area contributed by atoms with Crippen molar-refractivity contribution >= 4 is 30.1 Å². The van der Waals surface area contributed by atoms with Gasteiger partial charge in [-0.3, -0.25) is 4.79 Å². The van der Waals surface area contributed by atoms with E-state index < -0.39 is 0 Å². The number of aromatic nitrogens is 3. The predicted molar refractivity (Wildman–Crippen MR) is 79.6 cm³/mol. The molecule has 0 fully saturated rings. The number of hydrogen-bond acceptors (Lipinski definition) is 5. The molecular formula is C11H22ClN5OS. The van der Waals surface area contributed by atoms with Gasteiger partial charge in [0, 0.05) is 25.3 Å². The molecule has 0 aliphatic carbocycles. The number of carbonyl (C=O) groups is 1. The zero-order valence-corrected chi connectivity index (χ0v) is 13.4. The first kappa shape index (κ1) is 18.2. The Hall–Kier alpha value is -0.790. The lowest BCUT2D eigenvalue weighted by molar-refractivity contribution is -0.121.